The first-order chi connectivity index (χ1) is 10.3. The van der Waals surface area contributed by atoms with Crippen molar-refractivity contribution in [3.05, 3.63) is 42.5 Å². The summed E-state index contributed by atoms with van der Waals surface area (Å²) in [5.74, 6) is -1.08. The van der Waals surface area contributed by atoms with Crippen molar-refractivity contribution in [3.8, 4) is 18.2 Å². The Bertz CT molecular complexity index is 646. The topological polar surface area (TPSA) is 71.4 Å². The Morgan fingerprint density at radius 1 is 1.14 bits per heavy atom. The first-order valence-corrected chi connectivity index (χ1v) is 6.82. The van der Waals surface area contributed by atoms with Gasteiger partial charge in [0.05, 0.1) is 18.2 Å². The predicted molar refractivity (Wildman–Crippen MR) is 75.2 cm³/mol. The largest absolute Gasteiger partial charge is 0.446 e. The standard InChI is InChI=1S/C15H10F3N3S/c1-2-7-14(9-20,10-21)13(8-19)11-3-5-12(6-4-11)22-15(16,17)18/h2-6,13H,1,7H2. The molecule has 0 aliphatic carbocycles. The molecule has 112 valence electrons. The highest BCUT2D eigenvalue weighted by atomic mass is 32.2. The number of hydrogen-bond acceptors (Lipinski definition) is 4. The van der Waals surface area contributed by atoms with Crippen molar-refractivity contribution in [2.24, 2.45) is 5.41 Å². The van der Waals surface area contributed by atoms with Gasteiger partial charge in [0.25, 0.3) is 0 Å². The van der Waals surface area contributed by atoms with Crippen LogP contribution in [0.4, 0.5) is 13.2 Å². The smallest absolute Gasteiger partial charge is 0.198 e. The molecule has 0 fully saturated rings. The molecule has 0 spiro atoms. The number of hydrogen-bond donors (Lipinski definition) is 0. The fraction of sp³-hybridized carbons (Fsp3) is 0.267. The van der Waals surface area contributed by atoms with Crippen LogP contribution in [0.25, 0.3) is 0 Å². The highest BCUT2D eigenvalue weighted by Crippen LogP contribution is 2.40. The van der Waals surface area contributed by atoms with Crippen LogP contribution >= 0.6 is 11.8 Å². The van der Waals surface area contributed by atoms with Crippen molar-refractivity contribution >= 4 is 11.8 Å². The lowest BCUT2D eigenvalue weighted by molar-refractivity contribution is -0.0328. The van der Waals surface area contributed by atoms with Crippen molar-refractivity contribution < 1.29 is 13.2 Å². The van der Waals surface area contributed by atoms with E-state index in [2.05, 4.69) is 6.58 Å². The van der Waals surface area contributed by atoms with Gasteiger partial charge in [0.15, 0.2) is 5.41 Å². The molecule has 0 amide bonds. The van der Waals surface area contributed by atoms with Crippen LogP contribution in [0, 0.1) is 39.4 Å². The maximum absolute atomic E-state index is 12.3. The lowest BCUT2D eigenvalue weighted by Gasteiger charge is -2.23. The minimum absolute atomic E-state index is 0.0166. The van der Waals surface area contributed by atoms with E-state index in [9.17, 15) is 29.0 Å². The van der Waals surface area contributed by atoms with Crippen molar-refractivity contribution in [3.63, 3.8) is 0 Å². The summed E-state index contributed by atoms with van der Waals surface area (Å²) >= 11 is -0.271. The molecule has 1 unspecified atom stereocenters. The highest BCUT2D eigenvalue weighted by molar-refractivity contribution is 8.00. The van der Waals surface area contributed by atoms with Gasteiger partial charge in [-0.3, -0.25) is 0 Å². The highest BCUT2D eigenvalue weighted by Gasteiger charge is 2.40. The monoisotopic (exact) mass is 321 g/mol. The minimum Gasteiger partial charge on any atom is -0.198 e. The molecule has 0 aliphatic rings. The fourth-order valence-electron chi connectivity index (χ4n) is 1.92. The molecule has 1 aromatic rings. The van der Waals surface area contributed by atoms with Crippen LogP contribution in [0.5, 0.6) is 0 Å². The van der Waals surface area contributed by atoms with Gasteiger partial charge in [-0.1, -0.05) is 18.2 Å². The van der Waals surface area contributed by atoms with Crippen molar-refractivity contribution in [2.45, 2.75) is 22.7 Å². The van der Waals surface area contributed by atoms with Crippen LogP contribution < -0.4 is 0 Å². The summed E-state index contributed by atoms with van der Waals surface area (Å²) < 4.78 is 36.8. The summed E-state index contributed by atoms with van der Waals surface area (Å²) in [6, 6.07) is 10.6. The van der Waals surface area contributed by atoms with Crippen LogP contribution in [0.3, 0.4) is 0 Å². The number of nitriles is 3. The van der Waals surface area contributed by atoms with Gasteiger partial charge in [-0.25, -0.2) is 0 Å². The number of allylic oxidation sites excluding steroid dienone is 1. The van der Waals surface area contributed by atoms with Crippen LogP contribution in [0.15, 0.2) is 41.8 Å². The predicted octanol–water partition coefficient (Wildman–Crippen LogP) is 4.52. The second-order valence-corrected chi connectivity index (χ2v) is 5.51. The van der Waals surface area contributed by atoms with Gasteiger partial charge in [0.2, 0.25) is 0 Å². The molecule has 1 atom stereocenters. The summed E-state index contributed by atoms with van der Waals surface area (Å²) in [5, 5.41) is 27.8. The van der Waals surface area contributed by atoms with Crippen LogP contribution in [-0.2, 0) is 0 Å². The second-order valence-electron chi connectivity index (χ2n) is 4.37. The maximum Gasteiger partial charge on any atom is 0.446 e. The van der Waals surface area contributed by atoms with Gasteiger partial charge in [-0.15, -0.1) is 6.58 Å². The zero-order valence-corrected chi connectivity index (χ0v) is 12.1. The molecule has 0 radical (unpaired) electrons. The molecule has 7 heteroatoms. The molecular weight excluding hydrogens is 311 g/mol. The summed E-state index contributed by atoms with van der Waals surface area (Å²) in [6.45, 7) is 3.47. The SMILES string of the molecule is C=CCC(C#N)(C#N)C(C#N)c1ccc(SC(F)(F)F)cc1. The van der Waals surface area contributed by atoms with Gasteiger partial charge < -0.3 is 0 Å². The number of alkyl halides is 3. The van der Waals surface area contributed by atoms with E-state index in [1.54, 1.807) is 0 Å². The zero-order chi connectivity index (χ0) is 16.8. The summed E-state index contributed by atoms with van der Waals surface area (Å²) in [4.78, 5) is -0.0313. The molecule has 0 aliphatic heterocycles. The molecular formula is C15H10F3N3S. The Balaban J connectivity index is 3.17. The molecule has 0 saturated heterocycles. The van der Waals surface area contributed by atoms with Crippen molar-refractivity contribution in [1.82, 2.24) is 0 Å². The second kappa shape index (κ2) is 7.02. The van der Waals surface area contributed by atoms with E-state index in [1.807, 2.05) is 18.2 Å². The van der Waals surface area contributed by atoms with E-state index in [0.717, 1.165) is 0 Å². The fourth-order valence-corrected chi connectivity index (χ4v) is 2.46. The van der Waals surface area contributed by atoms with Gasteiger partial charge in [-0.2, -0.15) is 29.0 Å². The summed E-state index contributed by atoms with van der Waals surface area (Å²) in [7, 11) is 0. The summed E-state index contributed by atoms with van der Waals surface area (Å²) in [6.07, 6.45) is 1.35. The van der Waals surface area contributed by atoms with Crippen molar-refractivity contribution in [1.29, 1.82) is 15.8 Å². The first-order valence-electron chi connectivity index (χ1n) is 6.00. The third-order valence-electron chi connectivity index (χ3n) is 2.93. The molecule has 0 aromatic heterocycles. The van der Waals surface area contributed by atoms with E-state index in [-0.39, 0.29) is 23.1 Å². The zero-order valence-electron chi connectivity index (χ0n) is 11.3. The molecule has 3 nitrogen and oxygen atoms in total. The van der Waals surface area contributed by atoms with E-state index in [0.29, 0.717) is 5.56 Å². The Morgan fingerprint density at radius 2 is 1.68 bits per heavy atom. The number of benzene rings is 1. The Labute approximate surface area is 130 Å². The molecule has 22 heavy (non-hydrogen) atoms. The Hall–Kier alpha value is -2.43. The van der Waals surface area contributed by atoms with Gasteiger partial charge >= 0.3 is 5.51 Å². The van der Waals surface area contributed by atoms with Crippen LogP contribution in [0.2, 0.25) is 0 Å². The minimum atomic E-state index is -4.40. The molecule has 1 rings (SSSR count). The van der Waals surface area contributed by atoms with Crippen LogP contribution in [0.1, 0.15) is 17.9 Å². The number of nitrogens with zero attached hydrogens (tertiary/aromatic N) is 3. The number of rotatable bonds is 5. The van der Waals surface area contributed by atoms with E-state index in [1.165, 1.54) is 30.3 Å². The molecule has 0 heterocycles. The molecule has 0 N–H and O–H groups in total. The quantitative estimate of drug-likeness (QED) is 0.590. The van der Waals surface area contributed by atoms with Gasteiger partial charge in [-0.05, 0) is 35.9 Å². The molecule has 0 bridgehead atoms. The first kappa shape index (κ1) is 17.6. The Morgan fingerprint density at radius 3 is 2.05 bits per heavy atom. The lowest BCUT2D eigenvalue weighted by Crippen LogP contribution is -2.24. The normalized spacial score (nSPS) is 12.5. The average Bonchev–Trinajstić information content (AvgIpc) is 2.47. The third-order valence-corrected chi connectivity index (χ3v) is 3.67. The maximum atomic E-state index is 12.3. The van der Waals surface area contributed by atoms with Gasteiger partial charge in [0.1, 0.15) is 5.92 Å². The Kier molecular flexibility index (Phi) is 5.63. The average molecular weight is 321 g/mol. The molecule has 0 saturated carbocycles. The summed E-state index contributed by atoms with van der Waals surface area (Å²) in [5.41, 5.74) is -5.70. The van der Waals surface area contributed by atoms with E-state index >= 15 is 0 Å². The number of thioether (sulfide) groups is 1. The van der Waals surface area contributed by atoms with Gasteiger partial charge in [0, 0.05) is 4.90 Å². The van der Waals surface area contributed by atoms with E-state index in [4.69, 9.17) is 0 Å². The molecule has 1 aromatic carbocycles. The third kappa shape index (κ3) is 4.04. The van der Waals surface area contributed by atoms with Crippen molar-refractivity contribution in [2.75, 3.05) is 0 Å². The van der Waals surface area contributed by atoms with E-state index < -0.39 is 16.8 Å². The lowest BCUT2D eigenvalue weighted by atomic mass is 9.72. The number of halogens is 3. The van der Waals surface area contributed by atoms with Crippen LogP contribution in [-0.4, -0.2) is 5.51 Å².